The van der Waals surface area contributed by atoms with Gasteiger partial charge in [-0.3, -0.25) is 5.32 Å². The molecule has 0 aliphatic heterocycles. The van der Waals surface area contributed by atoms with Crippen LogP contribution in [0.25, 0.3) is 6.08 Å². The van der Waals surface area contributed by atoms with Gasteiger partial charge in [-0.25, -0.2) is 14.6 Å². The number of urea groups is 1. The molecule has 0 saturated heterocycles. The molecular weight excluding hydrogens is 234 g/mol. The normalized spacial score (nSPS) is 10.3. The Morgan fingerprint density at radius 2 is 2.28 bits per heavy atom. The Bertz CT molecular complexity index is 471. The van der Waals surface area contributed by atoms with E-state index in [1.807, 2.05) is 6.92 Å². The largest absolute Gasteiger partial charge is 0.478 e. The molecule has 2 amide bonds. The van der Waals surface area contributed by atoms with E-state index in [1.165, 1.54) is 17.2 Å². The van der Waals surface area contributed by atoms with Crippen LogP contribution in [0.4, 0.5) is 10.6 Å². The molecule has 0 atom stereocenters. The van der Waals surface area contributed by atoms with Crippen LogP contribution >= 0.6 is 0 Å². The molecule has 0 aliphatic carbocycles. The van der Waals surface area contributed by atoms with E-state index in [9.17, 15) is 9.59 Å². The van der Waals surface area contributed by atoms with E-state index in [2.05, 4.69) is 10.3 Å². The van der Waals surface area contributed by atoms with Gasteiger partial charge < -0.3 is 10.0 Å². The first-order valence-corrected chi connectivity index (χ1v) is 5.42. The number of anilines is 1. The van der Waals surface area contributed by atoms with Crippen LogP contribution in [-0.4, -0.2) is 40.6 Å². The Morgan fingerprint density at radius 3 is 2.89 bits per heavy atom. The summed E-state index contributed by atoms with van der Waals surface area (Å²) >= 11 is 0. The van der Waals surface area contributed by atoms with Crippen molar-refractivity contribution < 1.29 is 14.7 Å². The minimum atomic E-state index is -1.02. The van der Waals surface area contributed by atoms with Gasteiger partial charge in [-0.2, -0.15) is 0 Å². The Kier molecular flexibility index (Phi) is 4.86. The number of carboxylic acids is 1. The molecule has 0 aromatic carbocycles. The molecule has 2 N–H and O–H groups in total. The fourth-order valence-electron chi connectivity index (χ4n) is 1.14. The molecule has 0 saturated carbocycles. The summed E-state index contributed by atoms with van der Waals surface area (Å²) in [6, 6.07) is 2.99. The number of carboxylic acid groups (broad SMARTS) is 1. The van der Waals surface area contributed by atoms with E-state index in [-0.39, 0.29) is 6.03 Å². The Hall–Kier alpha value is -2.37. The molecule has 6 heteroatoms. The average molecular weight is 249 g/mol. The molecule has 1 heterocycles. The summed E-state index contributed by atoms with van der Waals surface area (Å²) in [6.45, 7) is 2.45. The number of hydrogen-bond donors (Lipinski definition) is 2. The molecule has 0 fully saturated rings. The average Bonchev–Trinajstić information content (AvgIpc) is 2.35. The van der Waals surface area contributed by atoms with Crippen LogP contribution in [0.2, 0.25) is 0 Å². The van der Waals surface area contributed by atoms with E-state index < -0.39 is 5.97 Å². The summed E-state index contributed by atoms with van der Waals surface area (Å²) in [6.07, 6.45) is 3.96. The van der Waals surface area contributed by atoms with Crippen LogP contribution < -0.4 is 5.32 Å². The second kappa shape index (κ2) is 6.39. The number of carbonyl (C=O) groups excluding carboxylic acids is 1. The number of aliphatic carboxylic acids is 1. The van der Waals surface area contributed by atoms with Gasteiger partial charge in [0.15, 0.2) is 0 Å². The van der Waals surface area contributed by atoms with E-state index in [0.717, 1.165) is 6.08 Å². The monoisotopic (exact) mass is 249 g/mol. The molecule has 0 unspecified atom stereocenters. The predicted molar refractivity (Wildman–Crippen MR) is 68.2 cm³/mol. The first-order chi connectivity index (χ1) is 8.52. The minimum absolute atomic E-state index is 0.260. The number of carbonyl (C=O) groups is 2. The third kappa shape index (κ3) is 4.25. The van der Waals surface area contributed by atoms with Gasteiger partial charge in [0.05, 0.1) is 0 Å². The van der Waals surface area contributed by atoms with Crippen LogP contribution in [0.3, 0.4) is 0 Å². The van der Waals surface area contributed by atoms with Crippen LogP contribution in [0.15, 0.2) is 24.4 Å². The maximum Gasteiger partial charge on any atom is 0.328 e. The predicted octanol–water partition coefficient (Wildman–Crippen LogP) is 1.66. The second-order valence-corrected chi connectivity index (χ2v) is 3.59. The van der Waals surface area contributed by atoms with Crippen LogP contribution in [0, 0.1) is 0 Å². The molecule has 0 aliphatic rings. The van der Waals surface area contributed by atoms with Gasteiger partial charge in [0, 0.05) is 25.9 Å². The number of pyridine rings is 1. The van der Waals surface area contributed by atoms with Gasteiger partial charge >= 0.3 is 12.0 Å². The zero-order valence-electron chi connectivity index (χ0n) is 10.3. The Labute approximate surface area is 105 Å². The van der Waals surface area contributed by atoms with Crippen LogP contribution in [0.5, 0.6) is 0 Å². The summed E-state index contributed by atoms with van der Waals surface area (Å²) < 4.78 is 0. The van der Waals surface area contributed by atoms with Crippen molar-refractivity contribution in [3.8, 4) is 0 Å². The van der Waals surface area contributed by atoms with Crippen molar-refractivity contribution in [2.24, 2.45) is 0 Å². The summed E-state index contributed by atoms with van der Waals surface area (Å²) in [5.74, 6) is -0.643. The van der Waals surface area contributed by atoms with E-state index in [0.29, 0.717) is 17.9 Å². The summed E-state index contributed by atoms with van der Waals surface area (Å²) in [5.41, 5.74) is 0.654. The van der Waals surface area contributed by atoms with Crippen molar-refractivity contribution in [3.05, 3.63) is 30.0 Å². The van der Waals surface area contributed by atoms with Crippen molar-refractivity contribution in [3.63, 3.8) is 0 Å². The third-order valence-electron chi connectivity index (χ3n) is 2.26. The molecular formula is C12H15N3O3. The Balaban J connectivity index is 2.76. The first-order valence-electron chi connectivity index (χ1n) is 5.42. The molecule has 96 valence electrons. The number of nitrogens with one attached hydrogen (secondary N) is 1. The van der Waals surface area contributed by atoms with Gasteiger partial charge in [0.1, 0.15) is 5.82 Å². The zero-order valence-corrected chi connectivity index (χ0v) is 10.3. The van der Waals surface area contributed by atoms with Gasteiger partial charge in [0.25, 0.3) is 0 Å². The summed E-state index contributed by atoms with van der Waals surface area (Å²) in [5, 5.41) is 11.1. The number of rotatable bonds is 4. The Morgan fingerprint density at radius 1 is 1.56 bits per heavy atom. The third-order valence-corrected chi connectivity index (χ3v) is 2.26. The minimum Gasteiger partial charge on any atom is -0.478 e. The molecule has 1 aromatic rings. The lowest BCUT2D eigenvalue weighted by atomic mass is 10.2. The maximum absolute atomic E-state index is 11.6. The van der Waals surface area contributed by atoms with Crippen molar-refractivity contribution >= 4 is 23.9 Å². The van der Waals surface area contributed by atoms with Gasteiger partial charge in [-0.15, -0.1) is 0 Å². The van der Waals surface area contributed by atoms with E-state index in [4.69, 9.17) is 5.11 Å². The molecule has 6 nitrogen and oxygen atoms in total. The molecule has 1 aromatic heterocycles. The van der Waals surface area contributed by atoms with E-state index >= 15 is 0 Å². The highest BCUT2D eigenvalue weighted by Crippen LogP contribution is 2.09. The maximum atomic E-state index is 11.6. The molecule has 0 radical (unpaired) electrons. The first kappa shape index (κ1) is 13.7. The van der Waals surface area contributed by atoms with Crippen molar-refractivity contribution in [2.45, 2.75) is 6.92 Å². The van der Waals surface area contributed by atoms with Crippen molar-refractivity contribution in [1.82, 2.24) is 9.88 Å². The van der Waals surface area contributed by atoms with Gasteiger partial charge in [0.2, 0.25) is 0 Å². The standard InChI is InChI=1S/C12H15N3O3/c1-3-15(2)12(18)14-10-8-9(6-7-13-10)4-5-11(16)17/h4-8H,3H2,1-2H3,(H,16,17)(H,13,14,18)/b5-4+. The lowest BCUT2D eigenvalue weighted by Crippen LogP contribution is -2.31. The van der Waals surface area contributed by atoms with Crippen molar-refractivity contribution in [2.75, 3.05) is 18.9 Å². The van der Waals surface area contributed by atoms with Gasteiger partial charge in [-0.1, -0.05) is 0 Å². The van der Waals surface area contributed by atoms with Crippen LogP contribution in [-0.2, 0) is 4.79 Å². The molecule has 0 bridgehead atoms. The topological polar surface area (TPSA) is 82.5 Å². The number of hydrogen-bond acceptors (Lipinski definition) is 3. The van der Waals surface area contributed by atoms with Gasteiger partial charge in [-0.05, 0) is 30.7 Å². The van der Waals surface area contributed by atoms with E-state index in [1.54, 1.807) is 19.2 Å². The van der Waals surface area contributed by atoms with Crippen LogP contribution in [0.1, 0.15) is 12.5 Å². The quantitative estimate of drug-likeness (QED) is 0.795. The highest BCUT2D eigenvalue weighted by Gasteiger charge is 2.06. The number of amides is 2. The van der Waals surface area contributed by atoms with Crippen molar-refractivity contribution in [1.29, 1.82) is 0 Å². The molecule has 1 rings (SSSR count). The highest BCUT2D eigenvalue weighted by molar-refractivity contribution is 5.89. The fraction of sp³-hybridized carbons (Fsp3) is 0.250. The summed E-state index contributed by atoms with van der Waals surface area (Å²) in [4.78, 5) is 27.5. The zero-order chi connectivity index (χ0) is 13.5. The SMILES string of the molecule is CCN(C)C(=O)Nc1cc(/C=C/C(=O)O)ccn1. The smallest absolute Gasteiger partial charge is 0.328 e. The number of nitrogens with zero attached hydrogens (tertiary/aromatic N) is 2. The molecule has 0 spiro atoms. The fourth-order valence-corrected chi connectivity index (χ4v) is 1.14. The summed E-state index contributed by atoms with van der Waals surface area (Å²) in [7, 11) is 1.67. The molecule has 18 heavy (non-hydrogen) atoms. The highest BCUT2D eigenvalue weighted by atomic mass is 16.4. The lowest BCUT2D eigenvalue weighted by Gasteiger charge is -2.14. The second-order valence-electron chi connectivity index (χ2n) is 3.59. The lowest BCUT2D eigenvalue weighted by molar-refractivity contribution is -0.131. The number of aromatic nitrogens is 1.